The molecule has 3 aliphatic heterocycles. The molecule has 0 saturated carbocycles. The number of likely N-dealkylation sites (tertiary alicyclic amines) is 1. The van der Waals surface area contributed by atoms with E-state index in [1.807, 2.05) is 54.8 Å². The molecule has 3 fully saturated rings. The summed E-state index contributed by atoms with van der Waals surface area (Å²) in [7, 11) is 2.64. The molecule has 1 aromatic heterocycles. The number of piperazine rings is 1. The van der Waals surface area contributed by atoms with Crippen molar-refractivity contribution in [2.24, 2.45) is 0 Å². The summed E-state index contributed by atoms with van der Waals surface area (Å²) in [4.78, 5) is 29.6. The number of fused-ring (bicyclic) bond motifs is 4. The molecule has 7 rings (SSSR count). The van der Waals surface area contributed by atoms with Crippen LogP contribution in [0, 0.1) is 23.1 Å². The van der Waals surface area contributed by atoms with Crippen LogP contribution in [-0.2, 0) is 18.9 Å². The quantitative estimate of drug-likeness (QED) is 0.0412. The Kier molecular flexibility index (Phi) is 16.8. The first-order valence-electron chi connectivity index (χ1n) is 25.0. The number of methoxy groups -OCH3 is 3. The highest BCUT2D eigenvalue weighted by atomic mass is 28.3. The van der Waals surface area contributed by atoms with Crippen molar-refractivity contribution in [3.63, 3.8) is 0 Å². The fraction of sp³-hybridized carbons (Fsp3) is 0.611. The highest BCUT2D eigenvalue weighted by molar-refractivity contribution is 6.90. The van der Waals surface area contributed by atoms with E-state index in [1.165, 1.54) is 13.2 Å². The molecule has 1 amide bonds. The first-order chi connectivity index (χ1) is 32.9. The van der Waals surface area contributed by atoms with Gasteiger partial charge in [0, 0.05) is 62.4 Å². The molecule has 3 aliphatic rings. The van der Waals surface area contributed by atoms with Gasteiger partial charge in [0.25, 0.3) is 0 Å². The molecular formula is C54H75F2N5O7Si. The summed E-state index contributed by atoms with van der Waals surface area (Å²) in [5.41, 5.74) is 5.00. The number of halogens is 2. The van der Waals surface area contributed by atoms with E-state index in [0.29, 0.717) is 64.4 Å². The number of hydrogen-bond acceptors (Lipinski definition) is 11. The number of rotatable bonds is 18. The second-order valence-electron chi connectivity index (χ2n) is 21.1. The third-order valence-corrected chi connectivity index (χ3v) is 20.9. The highest BCUT2D eigenvalue weighted by Crippen LogP contribution is 2.44. The summed E-state index contributed by atoms with van der Waals surface area (Å²) in [5.74, 6) is 2.72. The summed E-state index contributed by atoms with van der Waals surface area (Å²) in [6.07, 6.45) is 5.66. The largest absolute Gasteiger partial charge is 0.468 e. The van der Waals surface area contributed by atoms with Crippen LogP contribution < -0.4 is 14.4 Å². The van der Waals surface area contributed by atoms with Gasteiger partial charge >= 0.3 is 12.1 Å². The van der Waals surface area contributed by atoms with Crippen LogP contribution in [0.3, 0.4) is 0 Å². The molecular weight excluding hydrogens is 897 g/mol. The van der Waals surface area contributed by atoms with E-state index in [2.05, 4.69) is 57.9 Å². The second kappa shape index (κ2) is 22.2. The monoisotopic (exact) mass is 972 g/mol. The number of carbonyl (C=O) groups excluding carboxylic acids is 1. The Labute approximate surface area is 409 Å². The molecule has 3 aromatic carbocycles. The summed E-state index contributed by atoms with van der Waals surface area (Å²) in [6.45, 7) is 22.0. The Balaban J connectivity index is 1.34. The van der Waals surface area contributed by atoms with E-state index in [0.717, 1.165) is 63.4 Å². The van der Waals surface area contributed by atoms with Crippen molar-refractivity contribution in [1.82, 2.24) is 19.8 Å². The minimum atomic E-state index is -2.20. The van der Waals surface area contributed by atoms with Crippen molar-refractivity contribution in [3.8, 4) is 34.4 Å². The number of anilines is 1. The fourth-order valence-corrected chi connectivity index (χ4v) is 16.6. The van der Waals surface area contributed by atoms with Crippen LogP contribution >= 0.6 is 0 Å². The van der Waals surface area contributed by atoms with Gasteiger partial charge in [0.15, 0.2) is 18.9 Å². The summed E-state index contributed by atoms with van der Waals surface area (Å²) < 4.78 is 69.8. The van der Waals surface area contributed by atoms with E-state index < -0.39 is 25.3 Å². The normalized spacial score (nSPS) is 18.9. The van der Waals surface area contributed by atoms with Gasteiger partial charge in [-0.3, -0.25) is 9.80 Å². The van der Waals surface area contributed by atoms with Crippen LogP contribution in [0.5, 0.6) is 11.8 Å². The summed E-state index contributed by atoms with van der Waals surface area (Å²) >= 11 is 0. The number of amides is 1. The lowest BCUT2D eigenvalue weighted by Gasteiger charge is -2.42. The topological polar surface area (TPSA) is 108 Å². The Hall–Kier alpha value is -4.59. The molecule has 69 heavy (non-hydrogen) atoms. The zero-order valence-corrected chi connectivity index (χ0v) is 44.0. The van der Waals surface area contributed by atoms with Gasteiger partial charge in [-0.15, -0.1) is 5.54 Å². The molecule has 12 nitrogen and oxygen atoms in total. The fourth-order valence-electron chi connectivity index (χ4n) is 11.4. The van der Waals surface area contributed by atoms with Gasteiger partial charge in [0.1, 0.15) is 43.2 Å². The van der Waals surface area contributed by atoms with Crippen molar-refractivity contribution in [1.29, 1.82) is 0 Å². The molecule has 2 bridgehead atoms. The standard InChI is InChI=1S/C54H75F2N5O7Si/c1-34(2)69(35(3)4,36(5)6)26-23-37-17-15-18-38-27-42(67-33-63-10)28-43(47(37)38)48-45(55)29-44-50(49(48)56)57-52(66-32-41-19-16-25-59(41)24-14-13-20-46(64-11)65-12)58-51(44)60-30-39-21-22-40(31-60)61(39)53(62)68-54(7,8)9/h15,17-18,27-29,34-36,39-41,46H,13-14,16,19-22,24-25,30-33H2,1-12H3/t39?,40?,41-/m0/s1. The highest BCUT2D eigenvalue weighted by Gasteiger charge is 2.46. The van der Waals surface area contributed by atoms with E-state index in [9.17, 15) is 4.79 Å². The molecule has 3 saturated heterocycles. The van der Waals surface area contributed by atoms with Crippen molar-refractivity contribution < 1.29 is 42.0 Å². The minimum Gasteiger partial charge on any atom is -0.468 e. The predicted octanol–water partition coefficient (Wildman–Crippen LogP) is 11.5. The van der Waals surface area contributed by atoms with Crippen molar-refractivity contribution in [3.05, 3.63) is 53.6 Å². The molecule has 0 aliphatic carbocycles. The third kappa shape index (κ3) is 11.3. The Morgan fingerprint density at radius 2 is 1.59 bits per heavy atom. The van der Waals surface area contributed by atoms with E-state index in [4.69, 9.17) is 38.4 Å². The van der Waals surface area contributed by atoms with Crippen molar-refractivity contribution in [2.75, 3.05) is 65.8 Å². The van der Waals surface area contributed by atoms with Gasteiger partial charge in [-0.2, -0.15) is 9.97 Å². The maximum Gasteiger partial charge on any atom is 0.410 e. The summed E-state index contributed by atoms with van der Waals surface area (Å²) in [5, 5.41) is 1.56. The number of carbonyl (C=O) groups is 1. The maximum atomic E-state index is 18.1. The Morgan fingerprint density at radius 3 is 2.23 bits per heavy atom. The van der Waals surface area contributed by atoms with Gasteiger partial charge in [-0.05, 0) is 125 Å². The average molecular weight is 972 g/mol. The van der Waals surface area contributed by atoms with Crippen molar-refractivity contribution in [2.45, 2.75) is 154 Å². The molecule has 2 unspecified atom stereocenters. The van der Waals surface area contributed by atoms with Crippen LogP contribution in [0.2, 0.25) is 16.6 Å². The number of ether oxygens (including phenoxy) is 6. The van der Waals surface area contributed by atoms with Gasteiger partial charge < -0.3 is 33.3 Å². The SMILES string of the molecule is COCOc1cc(-c2c(F)cc3c(N4CC5CCC(C4)N5C(=O)OC(C)(C)C)nc(OC[C@@H]4CCCN4CCCCC(OC)OC)nc3c2F)c2c(C#C[Si](C(C)C)(C(C)C)C(C)C)cccc2c1. The number of unbranched alkanes of at least 4 members (excludes halogenated alkanes) is 1. The second-order valence-corrected chi connectivity index (χ2v) is 26.6. The molecule has 4 aromatic rings. The lowest BCUT2D eigenvalue weighted by molar-refractivity contribution is -0.107. The molecule has 0 N–H and O–H groups in total. The first-order valence-corrected chi connectivity index (χ1v) is 27.2. The van der Waals surface area contributed by atoms with Gasteiger partial charge in [-0.1, -0.05) is 59.6 Å². The molecule has 376 valence electrons. The third-order valence-electron chi connectivity index (χ3n) is 14.6. The van der Waals surface area contributed by atoms with Crippen molar-refractivity contribution >= 4 is 41.7 Å². The molecule has 3 atom stereocenters. The Morgan fingerprint density at radius 1 is 0.899 bits per heavy atom. The first kappa shape index (κ1) is 52.2. The number of aromatic nitrogens is 2. The van der Waals surface area contributed by atoms with E-state index in [1.54, 1.807) is 20.3 Å². The Bertz CT molecular complexity index is 2470. The summed E-state index contributed by atoms with van der Waals surface area (Å²) in [6, 6.07) is 10.4. The van der Waals surface area contributed by atoms with Crippen LogP contribution in [0.25, 0.3) is 32.8 Å². The number of nitrogens with zero attached hydrogens (tertiary/aromatic N) is 5. The molecule has 15 heteroatoms. The smallest absolute Gasteiger partial charge is 0.410 e. The average Bonchev–Trinajstić information content (AvgIpc) is 3.86. The molecule has 0 spiro atoms. The van der Waals surface area contributed by atoms with Crippen LogP contribution in [0.15, 0.2) is 36.4 Å². The predicted molar refractivity (Wildman–Crippen MR) is 272 cm³/mol. The molecule has 4 heterocycles. The zero-order valence-electron chi connectivity index (χ0n) is 43.0. The van der Waals surface area contributed by atoms with Crippen LogP contribution in [0.4, 0.5) is 19.4 Å². The zero-order chi connectivity index (χ0) is 49.8. The van der Waals surface area contributed by atoms with E-state index >= 15 is 8.78 Å². The van der Waals surface area contributed by atoms with Gasteiger partial charge in [0.05, 0.1) is 17.6 Å². The molecule has 0 radical (unpaired) electrons. The van der Waals surface area contributed by atoms with Gasteiger partial charge in [0.2, 0.25) is 0 Å². The maximum absolute atomic E-state index is 18.1. The lowest BCUT2D eigenvalue weighted by atomic mass is 9.93. The number of benzene rings is 3. The van der Waals surface area contributed by atoms with Crippen LogP contribution in [-0.4, -0.2) is 125 Å². The number of hydrogen-bond donors (Lipinski definition) is 0. The lowest BCUT2D eigenvalue weighted by Crippen LogP contribution is -2.57. The van der Waals surface area contributed by atoms with Gasteiger partial charge in [-0.25, -0.2) is 13.6 Å². The minimum absolute atomic E-state index is 0.0108. The van der Waals surface area contributed by atoms with E-state index in [-0.39, 0.29) is 59.8 Å². The van der Waals surface area contributed by atoms with Crippen LogP contribution in [0.1, 0.15) is 113 Å².